The van der Waals surface area contributed by atoms with E-state index in [1.165, 1.54) is 0 Å². The Morgan fingerprint density at radius 1 is 1.19 bits per heavy atom. The maximum atomic E-state index is 12.3. The first-order valence-corrected chi connectivity index (χ1v) is 11.2. The topological polar surface area (TPSA) is 66.2 Å². The van der Waals surface area contributed by atoms with Crippen LogP contribution in [0.4, 0.5) is 0 Å². The van der Waals surface area contributed by atoms with Crippen LogP contribution in [0.5, 0.6) is 5.75 Å². The lowest BCUT2D eigenvalue weighted by Gasteiger charge is -2.20. The third-order valence-electron chi connectivity index (χ3n) is 4.85. The molecule has 0 aliphatic heterocycles. The molecule has 3 rings (SSSR count). The molecular weight excluding hydrogens is 449 g/mol. The lowest BCUT2D eigenvalue weighted by molar-refractivity contribution is 0.00699. The van der Waals surface area contributed by atoms with E-state index in [0.717, 1.165) is 41.5 Å². The predicted molar refractivity (Wildman–Crippen MR) is 129 cm³/mol. The molecule has 0 unspecified atom stereocenters. The van der Waals surface area contributed by atoms with Crippen molar-refractivity contribution in [2.24, 2.45) is 0 Å². The maximum absolute atomic E-state index is 12.3. The summed E-state index contributed by atoms with van der Waals surface area (Å²) in [5, 5.41) is 8.98. The first kappa shape index (κ1) is 24.1. The molecule has 0 spiro atoms. The number of esters is 1. The van der Waals surface area contributed by atoms with Gasteiger partial charge in [-0.05, 0) is 69.9 Å². The fourth-order valence-corrected chi connectivity index (χ4v) is 3.90. The number of rotatable bonds is 8. The van der Waals surface area contributed by atoms with Gasteiger partial charge >= 0.3 is 5.97 Å². The molecule has 1 heterocycles. The molecule has 0 saturated heterocycles. The largest absolute Gasteiger partial charge is 0.493 e. The van der Waals surface area contributed by atoms with Crippen LogP contribution in [0.1, 0.15) is 55.1 Å². The van der Waals surface area contributed by atoms with E-state index in [0.29, 0.717) is 12.4 Å². The Balaban J connectivity index is 1.55. The first-order chi connectivity index (χ1) is 15.1. The summed E-state index contributed by atoms with van der Waals surface area (Å²) in [5.74, 6) is -0.0550. The lowest BCUT2D eigenvalue weighted by Crippen LogP contribution is -2.24. The van der Waals surface area contributed by atoms with Crippen molar-refractivity contribution in [3.63, 3.8) is 0 Å². The van der Waals surface area contributed by atoms with Gasteiger partial charge in [0.05, 0.1) is 27.7 Å². The number of benzene rings is 2. The molecule has 1 aromatic heterocycles. The zero-order valence-electron chi connectivity index (χ0n) is 18.7. The van der Waals surface area contributed by atoms with Crippen LogP contribution >= 0.6 is 23.2 Å². The number of ether oxygens (including phenoxy) is 2. The summed E-state index contributed by atoms with van der Waals surface area (Å²) in [7, 11) is 0. The van der Waals surface area contributed by atoms with Crippen molar-refractivity contribution in [1.29, 1.82) is 0 Å². The molecule has 0 aliphatic rings. The quantitative estimate of drug-likeness (QED) is 0.274. The fraction of sp³-hybridized carbons (Fsp3) is 0.375. The molecule has 0 N–H and O–H groups in total. The van der Waals surface area contributed by atoms with Gasteiger partial charge < -0.3 is 9.47 Å². The van der Waals surface area contributed by atoms with Crippen molar-refractivity contribution < 1.29 is 14.3 Å². The van der Waals surface area contributed by atoms with Crippen LogP contribution in [0, 0.1) is 6.92 Å². The molecule has 0 fully saturated rings. The van der Waals surface area contributed by atoms with Crippen LogP contribution in [0.15, 0.2) is 30.8 Å². The van der Waals surface area contributed by atoms with Gasteiger partial charge in [0, 0.05) is 6.54 Å². The number of carbonyl (C=O) groups is 1. The zero-order valence-corrected chi connectivity index (χ0v) is 20.3. The van der Waals surface area contributed by atoms with Gasteiger partial charge in [-0.3, -0.25) is 0 Å². The van der Waals surface area contributed by atoms with Crippen molar-refractivity contribution in [2.45, 2.75) is 52.7 Å². The third-order valence-corrected chi connectivity index (χ3v) is 5.45. The molecule has 8 heteroatoms. The van der Waals surface area contributed by atoms with Crippen molar-refractivity contribution in [3.05, 3.63) is 57.6 Å². The van der Waals surface area contributed by atoms with Crippen molar-refractivity contribution >= 4 is 46.3 Å². The second kappa shape index (κ2) is 9.92. The number of unbranched alkanes of at least 4 members (excludes halogenated alkanes) is 1. The van der Waals surface area contributed by atoms with Crippen molar-refractivity contribution in [2.75, 3.05) is 6.61 Å². The highest BCUT2D eigenvalue weighted by Crippen LogP contribution is 2.32. The molecule has 0 saturated carbocycles. The molecule has 0 radical (unpaired) electrons. The minimum absolute atomic E-state index is 0.142. The Hall–Kier alpha value is -2.57. The number of aryl methyl sites for hydroxylation is 2. The van der Waals surface area contributed by atoms with E-state index in [4.69, 9.17) is 32.7 Å². The number of fused-ring (bicyclic) bond motifs is 1. The summed E-state index contributed by atoms with van der Waals surface area (Å²) < 4.78 is 13.0. The Kier molecular flexibility index (Phi) is 7.47. The molecule has 0 atom stereocenters. The molecule has 2 aromatic carbocycles. The standard InChI is InChI=1S/C24H27Cl2N3O3/c1-6-16-9-10-20-22(15(16)2)27-28-29(20)11-7-8-12-31-17-13-18(25)21(19(26)14-17)23(30)32-24(3,4)5/h6,9-10,13-14H,1,7-8,11-12H2,2-5H3. The first-order valence-electron chi connectivity index (χ1n) is 10.4. The number of halogens is 2. The van der Waals surface area contributed by atoms with Gasteiger partial charge in [0.25, 0.3) is 0 Å². The summed E-state index contributed by atoms with van der Waals surface area (Å²) in [5.41, 5.74) is 3.55. The summed E-state index contributed by atoms with van der Waals surface area (Å²) in [6.07, 6.45) is 3.48. The van der Waals surface area contributed by atoms with Gasteiger partial charge in [-0.25, -0.2) is 9.48 Å². The molecule has 0 aliphatic carbocycles. The summed E-state index contributed by atoms with van der Waals surface area (Å²) >= 11 is 12.5. The van der Waals surface area contributed by atoms with E-state index in [-0.39, 0.29) is 15.6 Å². The Labute approximate surface area is 198 Å². The van der Waals surface area contributed by atoms with Crippen LogP contribution in [-0.2, 0) is 11.3 Å². The maximum Gasteiger partial charge on any atom is 0.341 e. The van der Waals surface area contributed by atoms with Crippen LogP contribution in [-0.4, -0.2) is 33.2 Å². The summed E-state index contributed by atoms with van der Waals surface area (Å²) in [6, 6.07) is 7.21. The van der Waals surface area contributed by atoms with E-state index in [1.807, 2.05) is 29.8 Å². The van der Waals surface area contributed by atoms with Crippen molar-refractivity contribution in [1.82, 2.24) is 15.0 Å². The zero-order chi connectivity index (χ0) is 23.5. The average Bonchev–Trinajstić information content (AvgIpc) is 3.10. The normalized spacial score (nSPS) is 11.6. The molecule has 32 heavy (non-hydrogen) atoms. The smallest absolute Gasteiger partial charge is 0.341 e. The highest BCUT2D eigenvalue weighted by molar-refractivity contribution is 6.39. The highest BCUT2D eigenvalue weighted by Gasteiger charge is 2.23. The van der Waals surface area contributed by atoms with E-state index >= 15 is 0 Å². The van der Waals surface area contributed by atoms with Crippen molar-refractivity contribution in [3.8, 4) is 5.75 Å². The van der Waals surface area contributed by atoms with Crippen LogP contribution in [0.2, 0.25) is 10.0 Å². The Bertz CT molecular complexity index is 1130. The van der Waals surface area contributed by atoms with E-state index in [9.17, 15) is 4.79 Å². The monoisotopic (exact) mass is 475 g/mol. The van der Waals surface area contributed by atoms with Gasteiger partial charge in [-0.15, -0.1) is 5.10 Å². The summed E-state index contributed by atoms with van der Waals surface area (Å²) in [4.78, 5) is 12.3. The van der Waals surface area contributed by atoms with E-state index < -0.39 is 11.6 Å². The minimum Gasteiger partial charge on any atom is -0.493 e. The van der Waals surface area contributed by atoms with Crippen LogP contribution in [0.3, 0.4) is 0 Å². The van der Waals surface area contributed by atoms with Crippen LogP contribution < -0.4 is 4.74 Å². The number of hydrogen-bond donors (Lipinski definition) is 0. The number of aromatic nitrogens is 3. The van der Waals surface area contributed by atoms with Gasteiger partial charge in [0.1, 0.15) is 16.9 Å². The minimum atomic E-state index is -0.638. The Morgan fingerprint density at radius 2 is 1.88 bits per heavy atom. The molecular formula is C24H27Cl2N3O3. The Morgan fingerprint density at radius 3 is 2.50 bits per heavy atom. The molecule has 3 aromatic rings. The number of nitrogens with zero attached hydrogens (tertiary/aromatic N) is 3. The van der Waals surface area contributed by atoms with Gasteiger partial charge in [0.15, 0.2) is 0 Å². The van der Waals surface area contributed by atoms with Gasteiger partial charge in [-0.2, -0.15) is 0 Å². The highest BCUT2D eigenvalue weighted by atomic mass is 35.5. The lowest BCUT2D eigenvalue weighted by atomic mass is 10.1. The van der Waals surface area contributed by atoms with Gasteiger partial charge in [-0.1, -0.05) is 47.1 Å². The number of carbonyl (C=O) groups excluding carboxylic acids is 1. The average molecular weight is 476 g/mol. The summed E-state index contributed by atoms with van der Waals surface area (Å²) in [6.45, 7) is 12.4. The van der Waals surface area contributed by atoms with Gasteiger partial charge in [0.2, 0.25) is 0 Å². The van der Waals surface area contributed by atoms with E-state index in [2.05, 4.69) is 16.9 Å². The second-order valence-corrected chi connectivity index (χ2v) is 9.30. The molecule has 0 amide bonds. The molecule has 170 valence electrons. The third kappa shape index (κ3) is 5.61. The SMILES string of the molecule is C=Cc1ccc2c(nnn2CCCCOc2cc(Cl)c(C(=O)OC(C)(C)C)c(Cl)c2)c1C. The predicted octanol–water partition coefficient (Wildman–Crippen LogP) is 6.50. The number of hydrogen-bond acceptors (Lipinski definition) is 5. The molecule has 0 bridgehead atoms. The van der Waals surface area contributed by atoms with E-state index in [1.54, 1.807) is 32.9 Å². The van der Waals surface area contributed by atoms with Crippen LogP contribution in [0.25, 0.3) is 17.1 Å². The molecule has 6 nitrogen and oxygen atoms in total. The fourth-order valence-electron chi connectivity index (χ4n) is 3.28. The second-order valence-electron chi connectivity index (χ2n) is 8.48.